The number of aromatic nitrogens is 1. The summed E-state index contributed by atoms with van der Waals surface area (Å²) in [6.45, 7) is 6.37. The molecule has 3 nitrogen and oxygen atoms in total. The Labute approximate surface area is 118 Å². The average Bonchev–Trinajstić information content (AvgIpc) is 3.17. The van der Waals surface area contributed by atoms with Gasteiger partial charge in [0.15, 0.2) is 0 Å². The van der Waals surface area contributed by atoms with E-state index in [1.165, 1.54) is 19.4 Å². The first-order chi connectivity index (χ1) is 9.13. The third kappa shape index (κ3) is 3.00. The van der Waals surface area contributed by atoms with Crippen LogP contribution in [0.1, 0.15) is 19.8 Å². The molecule has 104 valence electrons. The smallest absolute Gasteiger partial charge is 0.233 e. The van der Waals surface area contributed by atoms with Gasteiger partial charge in [-0.25, -0.2) is 4.98 Å². The van der Waals surface area contributed by atoms with E-state index in [1.54, 1.807) is 12.1 Å². The molecule has 2 heterocycles. The summed E-state index contributed by atoms with van der Waals surface area (Å²) in [6, 6.07) is 3.75. The monoisotopic (exact) mass is 283 g/mol. The molecule has 0 radical (unpaired) electrons. The molecule has 0 amide bonds. The predicted octanol–water partition coefficient (Wildman–Crippen LogP) is 2.79. The number of nitrogens with zero attached hydrogens (tertiary/aromatic N) is 3. The number of piperazine rings is 1. The molecule has 0 spiro atoms. The van der Waals surface area contributed by atoms with Crippen LogP contribution in [-0.2, 0) is 0 Å². The van der Waals surface area contributed by atoms with E-state index in [0.717, 1.165) is 25.6 Å². The van der Waals surface area contributed by atoms with Crippen molar-refractivity contribution in [1.29, 1.82) is 0 Å². The van der Waals surface area contributed by atoms with Crippen molar-refractivity contribution in [2.45, 2.75) is 25.8 Å². The Bertz CT molecular complexity index is 464. The minimum atomic E-state index is -0.577. The van der Waals surface area contributed by atoms with E-state index in [2.05, 4.69) is 21.7 Å². The van der Waals surface area contributed by atoms with Gasteiger partial charge in [-0.2, -0.15) is 4.39 Å². The van der Waals surface area contributed by atoms with Gasteiger partial charge in [-0.3, -0.25) is 4.90 Å². The second kappa shape index (κ2) is 5.25. The first kappa shape index (κ1) is 13.1. The van der Waals surface area contributed by atoms with Crippen LogP contribution in [0, 0.1) is 11.9 Å². The quantitative estimate of drug-likeness (QED) is 0.795. The summed E-state index contributed by atoms with van der Waals surface area (Å²) in [5, 5.41) is 0.0868. The van der Waals surface area contributed by atoms with Crippen molar-refractivity contribution < 1.29 is 4.39 Å². The second-order valence-electron chi connectivity index (χ2n) is 5.69. The molecular weight excluding hydrogens is 265 g/mol. The van der Waals surface area contributed by atoms with E-state index >= 15 is 0 Å². The van der Waals surface area contributed by atoms with Crippen molar-refractivity contribution in [1.82, 2.24) is 9.88 Å². The number of rotatable bonds is 3. The maximum atomic E-state index is 13.4. The first-order valence-electron chi connectivity index (χ1n) is 6.94. The third-order valence-corrected chi connectivity index (χ3v) is 4.29. The summed E-state index contributed by atoms with van der Waals surface area (Å²) >= 11 is 5.68. The van der Waals surface area contributed by atoms with Crippen molar-refractivity contribution >= 4 is 17.4 Å². The zero-order chi connectivity index (χ0) is 13.4. The summed E-state index contributed by atoms with van der Waals surface area (Å²) < 4.78 is 13.4. The lowest BCUT2D eigenvalue weighted by Gasteiger charge is -2.40. The van der Waals surface area contributed by atoms with Gasteiger partial charge in [-0.15, -0.1) is 0 Å². The van der Waals surface area contributed by atoms with Crippen LogP contribution in [0.5, 0.6) is 0 Å². The number of halogens is 2. The van der Waals surface area contributed by atoms with Crippen LogP contribution in [0.2, 0.25) is 5.02 Å². The largest absolute Gasteiger partial charge is 0.351 e. The molecule has 0 N–H and O–H groups in total. The highest BCUT2D eigenvalue weighted by molar-refractivity contribution is 6.30. The fourth-order valence-corrected chi connectivity index (χ4v) is 2.88. The molecule has 1 aromatic heterocycles. The Morgan fingerprint density at radius 2 is 2.16 bits per heavy atom. The van der Waals surface area contributed by atoms with E-state index in [9.17, 15) is 4.39 Å². The van der Waals surface area contributed by atoms with Gasteiger partial charge in [0.2, 0.25) is 5.95 Å². The standard InChI is InChI=1S/C14H19ClFN3/c1-10-8-18(9-11-2-3-11)6-7-19(10)13-5-4-12(15)14(16)17-13/h4-5,10-11H,2-3,6-9H2,1H3/t10-/m0/s1. The molecule has 19 heavy (non-hydrogen) atoms. The molecule has 2 aliphatic rings. The Balaban J connectivity index is 1.66. The van der Waals surface area contributed by atoms with E-state index in [0.29, 0.717) is 11.9 Å². The topological polar surface area (TPSA) is 19.4 Å². The molecule has 2 fully saturated rings. The van der Waals surface area contributed by atoms with Crippen molar-refractivity contribution in [2.75, 3.05) is 31.1 Å². The van der Waals surface area contributed by atoms with Crippen molar-refractivity contribution in [3.05, 3.63) is 23.1 Å². The highest BCUT2D eigenvalue weighted by atomic mass is 35.5. The van der Waals surface area contributed by atoms with Crippen molar-refractivity contribution in [3.63, 3.8) is 0 Å². The molecule has 1 saturated carbocycles. The molecule has 1 atom stereocenters. The number of hydrogen-bond acceptors (Lipinski definition) is 3. The maximum Gasteiger partial charge on any atom is 0.233 e. The summed E-state index contributed by atoms with van der Waals surface area (Å²) in [5.41, 5.74) is 0. The van der Waals surface area contributed by atoms with Crippen LogP contribution in [0.4, 0.5) is 10.2 Å². The molecule has 1 saturated heterocycles. The Kier molecular flexibility index (Phi) is 3.63. The maximum absolute atomic E-state index is 13.4. The van der Waals surface area contributed by atoms with Gasteiger partial charge in [0.25, 0.3) is 0 Å². The molecule has 1 aromatic rings. The van der Waals surface area contributed by atoms with Crippen LogP contribution in [0.3, 0.4) is 0 Å². The summed E-state index contributed by atoms with van der Waals surface area (Å²) in [7, 11) is 0. The van der Waals surface area contributed by atoms with Crippen molar-refractivity contribution in [2.24, 2.45) is 5.92 Å². The molecular formula is C14H19ClFN3. The van der Waals surface area contributed by atoms with E-state index in [4.69, 9.17) is 11.6 Å². The molecule has 0 bridgehead atoms. The van der Waals surface area contributed by atoms with Crippen LogP contribution in [0.15, 0.2) is 12.1 Å². The summed E-state index contributed by atoms with van der Waals surface area (Å²) in [5.74, 6) is 1.04. The van der Waals surface area contributed by atoms with Gasteiger partial charge in [0.05, 0.1) is 5.02 Å². The average molecular weight is 284 g/mol. The fraction of sp³-hybridized carbons (Fsp3) is 0.643. The van der Waals surface area contributed by atoms with Crippen LogP contribution >= 0.6 is 11.6 Å². The third-order valence-electron chi connectivity index (χ3n) is 4.01. The summed E-state index contributed by atoms with van der Waals surface area (Å²) in [4.78, 5) is 8.64. The normalized spacial score (nSPS) is 24.8. The van der Waals surface area contributed by atoms with E-state index < -0.39 is 5.95 Å². The molecule has 3 rings (SSSR count). The lowest BCUT2D eigenvalue weighted by Crippen LogP contribution is -2.52. The van der Waals surface area contributed by atoms with Gasteiger partial charge < -0.3 is 4.90 Å². The molecule has 1 aliphatic carbocycles. The molecule has 1 aliphatic heterocycles. The van der Waals surface area contributed by atoms with Crippen LogP contribution < -0.4 is 4.90 Å². The van der Waals surface area contributed by atoms with Gasteiger partial charge in [-0.05, 0) is 37.8 Å². The van der Waals surface area contributed by atoms with Gasteiger partial charge >= 0.3 is 0 Å². The molecule has 0 aromatic carbocycles. The Morgan fingerprint density at radius 1 is 1.37 bits per heavy atom. The van der Waals surface area contributed by atoms with Gasteiger partial charge in [-0.1, -0.05) is 11.6 Å². The molecule has 5 heteroatoms. The minimum Gasteiger partial charge on any atom is -0.351 e. The lowest BCUT2D eigenvalue weighted by molar-refractivity contribution is 0.219. The fourth-order valence-electron chi connectivity index (χ4n) is 2.77. The van der Waals surface area contributed by atoms with E-state index in [-0.39, 0.29) is 5.02 Å². The van der Waals surface area contributed by atoms with E-state index in [1.807, 2.05) is 0 Å². The van der Waals surface area contributed by atoms with Gasteiger partial charge in [0.1, 0.15) is 5.82 Å². The predicted molar refractivity (Wildman–Crippen MR) is 75.2 cm³/mol. The highest BCUT2D eigenvalue weighted by Gasteiger charge is 2.29. The number of anilines is 1. The lowest BCUT2D eigenvalue weighted by atomic mass is 10.1. The minimum absolute atomic E-state index is 0.0868. The second-order valence-corrected chi connectivity index (χ2v) is 6.09. The van der Waals surface area contributed by atoms with Gasteiger partial charge in [0, 0.05) is 32.2 Å². The Hall–Kier alpha value is -0.870. The highest BCUT2D eigenvalue weighted by Crippen LogP contribution is 2.31. The number of pyridine rings is 1. The molecule has 0 unspecified atom stereocenters. The van der Waals surface area contributed by atoms with Crippen molar-refractivity contribution in [3.8, 4) is 0 Å². The first-order valence-corrected chi connectivity index (χ1v) is 7.32. The van der Waals surface area contributed by atoms with Crippen LogP contribution in [-0.4, -0.2) is 42.1 Å². The zero-order valence-corrected chi connectivity index (χ0v) is 11.9. The number of hydrogen-bond donors (Lipinski definition) is 0. The SMILES string of the molecule is C[C@H]1CN(CC2CC2)CCN1c1ccc(Cl)c(F)n1. The zero-order valence-electron chi connectivity index (χ0n) is 11.1. The van der Waals surface area contributed by atoms with Crippen LogP contribution in [0.25, 0.3) is 0 Å². The Morgan fingerprint density at radius 3 is 2.79 bits per heavy atom. The summed E-state index contributed by atoms with van der Waals surface area (Å²) in [6.07, 6.45) is 2.77.